The number of nitrogens with zero attached hydrogens (tertiary/aromatic N) is 1. The third kappa shape index (κ3) is 5.08. The zero-order valence-electron chi connectivity index (χ0n) is 17.4. The van der Waals surface area contributed by atoms with E-state index >= 15 is 0 Å². The highest BCUT2D eigenvalue weighted by Crippen LogP contribution is 2.37. The fourth-order valence-corrected chi connectivity index (χ4v) is 4.64. The van der Waals surface area contributed by atoms with Crippen LogP contribution in [0.2, 0.25) is 15.1 Å². The summed E-state index contributed by atoms with van der Waals surface area (Å²) in [7, 11) is 1.42. The van der Waals surface area contributed by atoms with E-state index in [4.69, 9.17) is 44.3 Å². The van der Waals surface area contributed by atoms with Crippen LogP contribution in [0.5, 0.6) is 11.5 Å². The van der Waals surface area contributed by atoms with Crippen molar-refractivity contribution in [1.29, 1.82) is 0 Å². The Morgan fingerprint density at radius 1 is 0.941 bits per heavy atom. The summed E-state index contributed by atoms with van der Waals surface area (Å²) in [6, 6.07) is 15.6. The molecular formula is C24H14Cl3NO5S. The minimum atomic E-state index is -0.685. The number of ether oxygens (including phenoxy) is 2. The zero-order valence-corrected chi connectivity index (χ0v) is 20.5. The van der Waals surface area contributed by atoms with E-state index < -0.39 is 17.1 Å². The highest BCUT2D eigenvalue weighted by molar-refractivity contribution is 8.19. The molecule has 0 atom stereocenters. The third-order valence-electron chi connectivity index (χ3n) is 4.70. The van der Waals surface area contributed by atoms with Gasteiger partial charge in [0.2, 0.25) is 0 Å². The highest BCUT2D eigenvalue weighted by atomic mass is 35.5. The van der Waals surface area contributed by atoms with Gasteiger partial charge in [0.1, 0.15) is 0 Å². The lowest BCUT2D eigenvalue weighted by molar-refractivity contribution is -0.113. The number of esters is 1. The summed E-state index contributed by atoms with van der Waals surface area (Å²) in [6.45, 7) is 0. The van der Waals surface area contributed by atoms with Gasteiger partial charge in [0.05, 0.1) is 28.3 Å². The second-order valence-electron chi connectivity index (χ2n) is 6.92. The molecule has 0 aromatic heterocycles. The van der Waals surface area contributed by atoms with Crippen molar-refractivity contribution in [2.45, 2.75) is 0 Å². The molecule has 0 bridgehead atoms. The molecule has 10 heteroatoms. The standard InChI is InChI=1S/C24H14Cl3NO5S/c1-32-20-9-13(5-8-19(20)33-23(30)17-7-6-15(26)12-18(17)27)10-21-22(29)28(24(31)34-21)16-4-2-3-14(25)11-16/h2-12H,1H3/b21-10-. The summed E-state index contributed by atoms with van der Waals surface area (Å²) in [5.41, 5.74) is 1.10. The topological polar surface area (TPSA) is 72.9 Å². The Balaban J connectivity index is 1.57. The molecule has 0 aliphatic carbocycles. The molecular weight excluding hydrogens is 521 g/mol. The highest BCUT2D eigenvalue weighted by Gasteiger charge is 2.36. The summed E-state index contributed by atoms with van der Waals surface area (Å²) in [5, 5.41) is 0.526. The number of hydrogen-bond donors (Lipinski definition) is 0. The number of methoxy groups -OCH3 is 1. The maximum Gasteiger partial charge on any atom is 0.345 e. The lowest BCUT2D eigenvalue weighted by Crippen LogP contribution is -2.27. The quantitative estimate of drug-likeness (QED) is 0.197. The smallest absolute Gasteiger partial charge is 0.345 e. The fraction of sp³-hybridized carbons (Fsp3) is 0.0417. The van der Waals surface area contributed by atoms with E-state index in [-0.39, 0.29) is 27.0 Å². The van der Waals surface area contributed by atoms with Gasteiger partial charge in [-0.2, -0.15) is 0 Å². The number of thioether (sulfide) groups is 1. The van der Waals surface area contributed by atoms with Crippen LogP contribution in [0.1, 0.15) is 15.9 Å². The number of anilines is 1. The Morgan fingerprint density at radius 3 is 2.41 bits per heavy atom. The van der Waals surface area contributed by atoms with Crippen LogP contribution in [0.15, 0.2) is 65.6 Å². The van der Waals surface area contributed by atoms with Crippen LogP contribution in [0.4, 0.5) is 10.5 Å². The van der Waals surface area contributed by atoms with Crippen molar-refractivity contribution in [2.24, 2.45) is 0 Å². The number of rotatable bonds is 5. The summed E-state index contributed by atoms with van der Waals surface area (Å²) in [5.74, 6) is -0.747. The van der Waals surface area contributed by atoms with E-state index in [9.17, 15) is 14.4 Å². The van der Waals surface area contributed by atoms with E-state index in [1.165, 1.54) is 31.4 Å². The second kappa shape index (κ2) is 10.1. The molecule has 1 saturated heterocycles. The average Bonchev–Trinajstić information content (AvgIpc) is 3.07. The Labute approximate surface area is 214 Å². The lowest BCUT2D eigenvalue weighted by atomic mass is 10.1. The van der Waals surface area contributed by atoms with E-state index in [2.05, 4.69) is 0 Å². The molecule has 1 aliphatic heterocycles. The van der Waals surface area contributed by atoms with Gasteiger partial charge >= 0.3 is 5.97 Å². The molecule has 1 heterocycles. The predicted octanol–water partition coefficient (Wildman–Crippen LogP) is 7.12. The first-order valence-electron chi connectivity index (χ1n) is 9.65. The number of carbonyl (C=O) groups is 3. The van der Waals surface area contributed by atoms with Crippen molar-refractivity contribution in [3.05, 3.63) is 91.8 Å². The molecule has 6 nitrogen and oxygen atoms in total. The SMILES string of the molecule is COc1cc(/C=C2\SC(=O)N(c3cccc(Cl)c3)C2=O)ccc1OC(=O)c1ccc(Cl)cc1Cl. The van der Waals surface area contributed by atoms with Gasteiger partial charge in [-0.25, -0.2) is 9.69 Å². The summed E-state index contributed by atoms with van der Waals surface area (Å²) in [6.07, 6.45) is 1.56. The van der Waals surface area contributed by atoms with Gasteiger partial charge in [-0.1, -0.05) is 46.9 Å². The van der Waals surface area contributed by atoms with E-state index in [0.29, 0.717) is 21.3 Å². The van der Waals surface area contributed by atoms with Crippen LogP contribution in [0, 0.1) is 0 Å². The van der Waals surface area contributed by atoms with Crippen molar-refractivity contribution in [1.82, 2.24) is 0 Å². The van der Waals surface area contributed by atoms with E-state index in [0.717, 1.165) is 16.7 Å². The van der Waals surface area contributed by atoms with Crippen molar-refractivity contribution >= 4 is 75.4 Å². The Bertz CT molecular complexity index is 1360. The molecule has 1 aliphatic rings. The zero-order chi connectivity index (χ0) is 24.4. The number of amides is 2. The van der Waals surface area contributed by atoms with Crippen LogP contribution in [-0.2, 0) is 4.79 Å². The number of hydrogen-bond acceptors (Lipinski definition) is 6. The Hall–Kier alpha value is -2.97. The van der Waals surface area contributed by atoms with Crippen molar-refractivity contribution in [3.63, 3.8) is 0 Å². The summed E-state index contributed by atoms with van der Waals surface area (Å²) >= 11 is 18.7. The molecule has 2 amide bonds. The normalized spacial score (nSPS) is 14.6. The molecule has 4 rings (SSSR count). The third-order valence-corrected chi connectivity index (χ3v) is 6.35. The van der Waals surface area contributed by atoms with Crippen LogP contribution in [0.25, 0.3) is 6.08 Å². The van der Waals surface area contributed by atoms with Crippen LogP contribution in [0.3, 0.4) is 0 Å². The Morgan fingerprint density at radius 2 is 1.71 bits per heavy atom. The molecule has 0 unspecified atom stereocenters. The monoisotopic (exact) mass is 533 g/mol. The first kappa shape index (κ1) is 24.2. The second-order valence-corrected chi connectivity index (χ2v) is 9.19. The first-order valence-corrected chi connectivity index (χ1v) is 11.6. The van der Waals surface area contributed by atoms with Gasteiger partial charge in [0.15, 0.2) is 11.5 Å². The van der Waals surface area contributed by atoms with Gasteiger partial charge in [0.25, 0.3) is 11.1 Å². The number of imide groups is 1. The minimum Gasteiger partial charge on any atom is -0.493 e. The van der Waals surface area contributed by atoms with Crippen molar-refractivity contribution in [3.8, 4) is 11.5 Å². The molecule has 172 valence electrons. The van der Waals surface area contributed by atoms with Gasteiger partial charge in [-0.05, 0) is 71.9 Å². The van der Waals surface area contributed by atoms with Gasteiger partial charge < -0.3 is 9.47 Å². The first-order chi connectivity index (χ1) is 16.3. The predicted molar refractivity (Wildman–Crippen MR) is 134 cm³/mol. The maximum absolute atomic E-state index is 12.9. The molecule has 1 fully saturated rings. The largest absolute Gasteiger partial charge is 0.493 e. The van der Waals surface area contributed by atoms with Crippen molar-refractivity contribution in [2.75, 3.05) is 12.0 Å². The van der Waals surface area contributed by atoms with Crippen LogP contribution < -0.4 is 14.4 Å². The molecule has 3 aromatic rings. The molecule has 0 saturated carbocycles. The number of benzene rings is 3. The van der Waals surface area contributed by atoms with Crippen LogP contribution >= 0.6 is 46.6 Å². The molecule has 3 aromatic carbocycles. The van der Waals surface area contributed by atoms with Gasteiger partial charge in [-0.3, -0.25) is 9.59 Å². The summed E-state index contributed by atoms with van der Waals surface area (Å²) < 4.78 is 10.8. The van der Waals surface area contributed by atoms with Crippen LogP contribution in [-0.4, -0.2) is 24.2 Å². The molecule has 0 spiro atoms. The lowest BCUT2D eigenvalue weighted by Gasteiger charge is -2.12. The number of halogens is 3. The number of carbonyl (C=O) groups excluding carboxylic acids is 3. The molecule has 0 radical (unpaired) electrons. The maximum atomic E-state index is 12.9. The minimum absolute atomic E-state index is 0.145. The van der Waals surface area contributed by atoms with Crippen molar-refractivity contribution < 1.29 is 23.9 Å². The molecule has 34 heavy (non-hydrogen) atoms. The molecule has 0 N–H and O–H groups in total. The van der Waals surface area contributed by atoms with Gasteiger partial charge in [0, 0.05) is 10.0 Å². The summed E-state index contributed by atoms with van der Waals surface area (Å²) in [4.78, 5) is 39.1. The Kier molecular flexibility index (Phi) is 7.19. The average molecular weight is 535 g/mol. The fourth-order valence-electron chi connectivity index (χ4n) is 3.13. The van der Waals surface area contributed by atoms with E-state index in [1.54, 1.807) is 42.5 Å². The van der Waals surface area contributed by atoms with Gasteiger partial charge in [-0.15, -0.1) is 0 Å². The van der Waals surface area contributed by atoms with E-state index in [1.807, 2.05) is 0 Å².